The smallest absolute Gasteiger partial charge is 0.0321 e. The van der Waals surface area contributed by atoms with Crippen LogP contribution in [0.1, 0.15) is 141 Å². The lowest BCUT2D eigenvalue weighted by Crippen LogP contribution is -2.48. The minimum absolute atomic E-state index is 1.11. The first-order chi connectivity index (χ1) is 14.9. The molecule has 5 saturated carbocycles. The average molecular weight is 413 g/mol. The van der Waals surface area contributed by atoms with Crippen molar-refractivity contribution in [2.75, 3.05) is 0 Å². The number of hydrogen-bond donors (Lipinski definition) is 0. The van der Waals surface area contributed by atoms with Gasteiger partial charge in [0, 0.05) is 0 Å². The molecule has 0 aliphatic heterocycles. The summed E-state index contributed by atoms with van der Waals surface area (Å²) >= 11 is 0. The zero-order chi connectivity index (χ0) is 20.2. The minimum atomic E-state index is 1.11. The van der Waals surface area contributed by atoms with Crippen LogP contribution in [0, 0.1) is 47.3 Å². The zero-order valence-electron chi connectivity index (χ0n) is 20.2. The molecule has 0 aromatic carbocycles. The van der Waals surface area contributed by atoms with Crippen LogP contribution in [0.25, 0.3) is 0 Å². The summed E-state index contributed by atoms with van der Waals surface area (Å²) in [7, 11) is 0. The van der Waals surface area contributed by atoms with E-state index in [4.69, 9.17) is 0 Å². The van der Waals surface area contributed by atoms with Crippen molar-refractivity contribution in [2.45, 2.75) is 141 Å². The molecule has 0 unspecified atom stereocenters. The summed E-state index contributed by atoms with van der Waals surface area (Å²) in [5, 5.41) is 0. The van der Waals surface area contributed by atoms with E-state index < -0.39 is 0 Å². The maximum absolute atomic E-state index is 1.64. The predicted molar refractivity (Wildman–Crippen MR) is 129 cm³/mol. The van der Waals surface area contributed by atoms with Crippen molar-refractivity contribution in [1.82, 2.24) is 0 Å². The van der Waals surface area contributed by atoms with Crippen LogP contribution in [0.15, 0.2) is 0 Å². The van der Waals surface area contributed by atoms with Crippen molar-refractivity contribution in [3.05, 3.63) is 0 Å². The molecule has 0 saturated heterocycles. The van der Waals surface area contributed by atoms with Crippen molar-refractivity contribution >= 4 is 0 Å². The summed E-state index contributed by atoms with van der Waals surface area (Å²) in [5.41, 5.74) is 0. The van der Waals surface area contributed by atoms with Crippen LogP contribution in [0.3, 0.4) is 0 Å². The van der Waals surface area contributed by atoms with Crippen LogP contribution >= 0.6 is 0 Å². The summed E-state index contributed by atoms with van der Waals surface area (Å²) in [4.78, 5) is 0. The minimum Gasteiger partial charge on any atom is -0.0533 e. The number of hydrogen-bond acceptors (Lipinski definition) is 0. The fourth-order valence-corrected chi connectivity index (χ4v) is 9.93. The van der Waals surface area contributed by atoms with Crippen LogP contribution in [0.5, 0.6) is 0 Å². The fraction of sp³-hybridized carbons (Fsp3) is 1.00. The summed E-state index contributed by atoms with van der Waals surface area (Å²) in [6.07, 6.45) is 34.7. The van der Waals surface area contributed by atoms with Gasteiger partial charge >= 0.3 is 0 Å². The van der Waals surface area contributed by atoms with Gasteiger partial charge in [-0.1, -0.05) is 128 Å². The van der Waals surface area contributed by atoms with E-state index in [1.54, 1.807) is 116 Å². The van der Waals surface area contributed by atoms with Crippen molar-refractivity contribution < 1.29 is 0 Å². The summed E-state index contributed by atoms with van der Waals surface area (Å²) in [6, 6.07) is 0. The van der Waals surface area contributed by atoms with E-state index >= 15 is 0 Å². The average Bonchev–Trinajstić information content (AvgIpc) is 2.85. The van der Waals surface area contributed by atoms with Crippen LogP contribution in [0.2, 0.25) is 0 Å². The second kappa shape index (κ2) is 10.7. The van der Waals surface area contributed by atoms with E-state index in [-0.39, 0.29) is 0 Å². The molecule has 0 heterocycles. The molecule has 0 heteroatoms. The lowest BCUT2D eigenvalue weighted by molar-refractivity contribution is -0.0649. The van der Waals surface area contributed by atoms with Crippen LogP contribution in [-0.4, -0.2) is 0 Å². The first kappa shape index (κ1) is 21.8. The molecule has 4 atom stereocenters. The van der Waals surface area contributed by atoms with Gasteiger partial charge in [0.2, 0.25) is 0 Å². The molecular weight excluding hydrogens is 360 g/mol. The Labute approximate surface area is 188 Å². The summed E-state index contributed by atoms with van der Waals surface area (Å²) in [6.45, 7) is 0. The van der Waals surface area contributed by atoms with E-state index in [9.17, 15) is 0 Å². The maximum Gasteiger partial charge on any atom is -0.0321 e. The zero-order valence-corrected chi connectivity index (χ0v) is 20.2. The Morgan fingerprint density at radius 1 is 0.233 bits per heavy atom. The molecule has 0 amide bonds. The Morgan fingerprint density at radius 2 is 0.500 bits per heavy atom. The molecular formula is C30H52. The molecule has 5 rings (SSSR count). The van der Waals surface area contributed by atoms with Gasteiger partial charge in [0.25, 0.3) is 0 Å². The van der Waals surface area contributed by atoms with Gasteiger partial charge in [0.05, 0.1) is 0 Å². The third-order valence-corrected chi connectivity index (χ3v) is 11.2. The Morgan fingerprint density at radius 3 is 0.800 bits per heavy atom. The quantitative estimate of drug-likeness (QED) is 0.431. The normalized spacial score (nSPS) is 39.2. The Balaban J connectivity index is 1.45. The maximum atomic E-state index is 1.64. The first-order valence-electron chi connectivity index (χ1n) is 14.9. The van der Waals surface area contributed by atoms with Crippen LogP contribution < -0.4 is 0 Å². The largest absolute Gasteiger partial charge is 0.0533 e. The Kier molecular flexibility index (Phi) is 7.82. The highest BCUT2D eigenvalue weighted by molar-refractivity contribution is 4.99. The topological polar surface area (TPSA) is 0 Å². The molecule has 0 aromatic rings. The second-order valence-electron chi connectivity index (χ2n) is 12.7. The molecule has 5 aliphatic carbocycles. The van der Waals surface area contributed by atoms with E-state index in [0.29, 0.717) is 0 Å². The Hall–Kier alpha value is 0. The SMILES string of the molecule is C1CCC([C@@H]2[C@@H](C3CCCCC3)[C@@H](C3CCCCC3)CC[C@@H]2C2CCCCC2)CC1. The second-order valence-corrected chi connectivity index (χ2v) is 12.7. The van der Waals surface area contributed by atoms with Crippen molar-refractivity contribution in [3.63, 3.8) is 0 Å². The highest BCUT2D eigenvalue weighted by Crippen LogP contribution is 2.58. The first-order valence-corrected chi connectivity index (χ1v) is 14.9. The third kappa shape index (κ3) is 4.83. The summed E-state index contributed by atoms with van der Waals surface area (Å²) in [5.74, 6) is 8.98. The van der Waals surface area contributed by atoms with Crippen LogP contribution in [0.4, 0.5) is 0 Å². The van der Waals surface area contributed by atoms with Gasteiger partial charge in [0.1, 0.15) is 0 Å². The molecule has 0 aromatic heterocycles. The fourth-order valence-electron chi connectivity index (χ4n) is 9.93. The highest BCUT2D eigenvalue weighted by atomic mass is 14.5. The van der Waals surface area contributed by atoms with Gasteiger partial charge in [-0.3, -0.25) is 0 Å². The van der Waals surface area contributed by atoms with E-state index in [2.05, 4.69) is 0 Å². The third-order valence-electron chi connectivity index (χ3n) is 11.2. The predicted octanol–water partition coefficient (Wildman–Crippen LogP) is 9.57. The monoisotopic (exact) mass is 412 g/mol. The lowest BCUT2D eigenvalue weighted by Gasteiger charge is -2.55. The van der Waals surface area contributed by atoms with E-state index in [1.165, 1.54) is 25.7 Å². The molecule has 0 radical (unpaired) electrons. The lowest BCUT2D eigenvalue weighted by atomic mass is 9.50. The van der Waals surface area contributed by atoms with Gasteiger partial charge in [-0.15, -0.1) is 0 Å². The molecule has 5 fully saturated rings. The molecule has 30 heavy (non-hydrogen) atoms. The number of rotatable bonds is 4. The standard InChI is InChI=1S/C30H52/c1-5-13-23(14-6-1)27-21-22-28(24-15-7-2-8-16-24)30(26-19-11-4-12-20-26)29(27)25-17-9-3-10-18-25/h23-30H,1-22H2/t27-,28-,29+,30+/m1/s1. The van der Waals surface area contributed by atoms with E-state index in [1.807, 2.05) is 0 Å². The molecule has 0 spiro atoms. The molecule has 0 N–H and O–H groups in total. The molecule has 5 aliphatic rings. The van der Waals surface area contributed by atoms with Crippen molar-refractivity contribution in [1.29, 1.82) is 0 Å². The molecule has 0 nitrogen and oxygen atoms in total. The van der Waals surface area contributed by atoms with Gasteiger partial charge in [-0.25, -0.2) is 0 Å². The van der Waals surface area contributed by atoms with Crippen LogP contribution in [-0.2, 0) is 0 Å². The van der Waals surface area contributed by atoms with Gasteiger partial charge in [0.15, 0.2) is 0 Å². The highest BCUT2D eigenvalue weighted by Gasteiger charge is 2.50. The molecule has 172 valence electrons. The molecule has 0 bridgehead atoms. The van der Waals surface area contributed by atoms with Crippen molar-refractivity contribution in [3.8, 4) is 0 Å². The Bertz CT molecular complexity index is 438. The van der Waals surface area contributed by atoms with E-state index in [0.717, 1.165) is 47.3 Å². The summed E-state index contributed by atoms with van der Waals surface area (Å²) < 4.78 is 0. The van der Waals surface area contributed by atoms with Crippen molar-refractivity contribution in [2.24, 2.45) is 47.3 Å². The van der Waals surface area contributed by atoms with Gasteiger partial charge in [-0.2, -0.15) is 0 Å². The van der Waals surface area contributed by atoms with Gasteiger partial charge in [-0.05, 0) is 60.2 Å². The van der Waals surface area contributed by atoms with Gasteiger partial charge < -0.3 is 0 Å².